The number of hydrogen-bond acceptors (Lipinski definition) is 6. The molecule has 7 heteroatoms. The molecule has 0 unspecified atom stereocenters. The molecule has 0 aliphatic carbocycles. The Morgan fingerprint density at radius 3 is 2.61 bits per heavy atom. The molecule has 1 aromatic carbocycles. The smallest absolute Gasteiger partial charge is 0.139 e. The summed E-state index contributed by atoms with van der Waals surface area (Å²) in [6.07, 6.45) is 1.82. The Hall–Kier alpha value is -3.42. The maximum absolute atomic E-state index is 5.43. The van der Waals surface area contributed by atoms with Gasteiger partial charge in [-0.25, -0.2) is 0 Å². The number of aryl methyl sites for hydroxylation is 1. The van der Waals surface area contributed by atoms with E-state index in [2.05, 4.69) is 60.6 Å². The molecular weight excluding hydrogens is 388 g/mol. The highest BCUT2D eigenvalue weighted by Gasteiger charge is 2.15. The van der Waals surface area contributed by atoms with Gasteiger partial charge in [-0.3, -0.25) is 20.0 Å². The Labute approximate surface area is 181 Å². The summed E-state index contributed by atoms with van der Waals surface area (Å²) in [4.78, 5) is 11.6. The Balaban J connectivity index is 1.39. The molecular formula is C24H24N6O. The number of pyridine rings is 2. The fourth-order valence-corrected chi connectivity index (χ4v) is 3.83. The highest BCUT2D eigenvalue weighted by atomic mass is 16.5. The van der Waals surface area contributed by atoms with Crippen molar-refractivity contribution < 1.29 is 4.74 Å². The number of nitrogens with zero attached hydrogens (tertiary/aromatic N) is 5. The average Bonchev–Trinajstić information content (AvgIpc) is 3.31. The Morgan fingerprint density at radius 2 is 1.81 bits per heavy atom. The highest BCUT2D eigenvalue weighted by molar-refractivity contribution is 5.78. The predicted octanol–water partition coefficient (Wildman–Crippen LogP) is 3.74. The van der Waals surface area contributed by atoms with Crippen LogP contribution in [0.3, 0.4) is 0 Å². The van der Waals surface area contributed by atoms with E-state index in [0.29, 0.717) is 0 Å². The molecule has 3 aromatic heterocycles. The van der Waals surface area contributed by atoms with Gasteiger partial charge in [0.25, 0.3) is 0 Å². The standard InChI is InChI=1S/C24H24N6O/c1-17-3-2-4-21(26-17)24-23(27-29-28-24)20-9-10-25-22(15-20)19-7-5-18(6-8-19)16-30-11-13-31-14-12-30/h2-10,15H,11-14,16H2,1H3,(H,27,28,29). The molecule has 0 saturated carbocycles. The number of rotatable bonds is 5. The van der Waals surface area contributed by atoms with Gasteiger partial charge in [0.2, 0.25) is 0 Å². The fourth-order valence-electron chi connectivity index (χ4n) is 3.83. The molecule has 7 nitrogen and oxygen atoms in total. The molecule has 156 valence electrons. The van der Waals surface area contributed by atoms with E-state index in [1.165, 1.54) is 5.56 Å². The summed E-state index contributed by atoms with van der Waals surface area (Å²) in [5.41, 5.74) is 7.59. The Morgan fingerprint density at radius 1 is 0.968 bits per heavy atom. The molecule has 0 amide bonds. The van der Waals surface area contributed by atoms with E-state index in [9.17, 15) is 0 Å². The van der Waals surface area contributed by atoms with Crippen molar-refractivity contribution in [1.82, 2.24) is 30.3 Å². The minimum absolute atomic E-state index is 0.738. The maximum Gasteiger partial charge on any atom is 0.139 e. The molecule has 0 atom stereocenters. The molecule has 1 fully saturated rings. The van der Waals surface area contributed by atoms with E-state index in [-0.39, 0.29) is 0 Å². The third kappa shape index (κ3) is 4.38. The first-order chi connectivity index (χ1) is 15.3. The van der Waals surface area contributed by atoms with Crippen LogP contribution in [-0.4, -0.2) is 56.6 Å². The zero-order valence-electron chi connectivity index (χ0n) is 17.5. The predicted molar refractivity (Wildman–Crippen MR) is 119 cm³/mol. The summed E-state index contributed by atoms with van der Waals surface area (Å²) in [7, 11) is 0. The third-order valence-corrected chi connectivity index (χ3v) is 5.49. The van der Waals surface area contributed by atoms with E-state index >= 15 is 0 Å². The van der Waals surface area contributed by atoms with Gasteiger partial charge < -0.3 is 4.74 Å². The molecule has 1 aliphatic heterocycles. The molecule has 0 bridgehead atoms. The van der Waals surface area contributed by atoms with E-state index in [1.54, 1.807) is 0 Å². The van der Waals surface area contributed by atoms with E-state index in [4.69, 9.17) is 4.74 Å². The number of aromatic amines is 1. The molecule has 5 rings (SSSR count). The van der Waals surface area contributed by atoms with Gasteiger partial charge in [0.05, 0.1) is 30.3 Å². The van der Waals surface area contributed by atoms with Crippen LogP contribution < -0.4 is 0 Å². The minimum atomic E-state index is 0.738. The van der Waals surface area contributed by atoms with Gasteiger partial charge in [-0.05, 0) is 36.8 Å². The van der Waals surface area contributed by atoms with Crippen molar-refractivity contribution in [2.75, 3.05) is 26.3 Å². The lowest BCUT2D eigenvalue weighted by Crippen LogP contribution is -2.35. The van der Waals surface area contributed by atoms with Crippen molar-refractivity contribution in [3.63, 3.8) is 0 Å². The van der Waals surface area contributed by atoms with Crippen LogP contribution in [0.5, 0.6) is 0 Å². The topological polar surface area (TPSA) is 79.8 Å². The van der Waals surface area contributed by atoms with Crippen LogP contribution >= 0.6 is 0 Å². The second-order valence-electron chi connectivity index (χ2n) is 7.71. The molecule has 31 heavy (non-hydrogen) atoms. The lowest BCUT2D eigenvalue weighted by molar-refractivity contribution is 0.0342. The number of aromatic nitrogens is 5. The van der Waals surface area contributed by atoms with Gasteiger partial charge in [0.1, 0.15) is 5.69 Å². The average molecular weight is 412 g/mol. The highest BCUT2D eigenvalue weighted by Crippen LogP contribution is 2.29. The quantitative estimate of drug-likeness (QED) is 0.538. The molecule has 1 saturated heterocycles. The normalized spacial score (nSPS) is 14.6. The fraction of sp³-hybridized carbons (Fsp3) is 0.250. The summed E-state index contributed by atoms with van der Waals surface area (Å²) in [5.74, 6) is 0. The van der Waals surface area contributed by atoms with Gasteiger partial charge in [-0.15, -0.1) is 5.10 Å². The summed E-state index contributed by atoms with van der Waals surface area (Å²) >= 11 is 0. The van der Waals surface area contributed by atoms with Crippen molar-refractivity contribution in [3.8, 4) is 33.9 Å². The molecule has 1 aliphatic rings. The second-order valence-corrected chi connectivity index (χ2v) is 7.71. The van der Waals surface area contributed by atoms with Crippen LogP contribution in [0.4, 0.5) is 0 Å². The summed E-state index contributed by atoms with van der Waals surface area (Å²) in [6.45, 7) is 6.53. The SMILES string of the molecule is Cc1cccc(-c2nn[nH]c2-c2ccnc(-c3ccc(CN4CCOCC4)cc3)c2)n1. The Bertz CT molecular complexity index is 1160. The van der Waals surface area contributed by atoms with Gasteiger partial charge in [-0.2, -0.15) is 0 Å². The largest absolute Gasteiger partial charge is 0.379 e. The van der Waals surface area contributed by atoms with Crippen molar-refractivity contribution >= 4 is 0 Å². The lowest BCUT2D eigenvalue weighted by atomic mass is 10.0. The zero-order chi connectivity index (χ0) is 21.0. The third-order valence-electron chi connectivity index (χ3n) is 5.49. The lowest BCUT2D eigenvalue weighted by Gasteiger charge is -2.26. The number of benzene rings is 1. The van der Waals surface area contributed by atoms with Gasteiger partial charge in [0.15, 0.2) is 0 Å². The van der Waals surface area contributed by atoms with Crippen molar-refractivity contribution in [1.29, 1.82) is 0 Å². The molecule has 4 aromatic rings. The molecule has 1 N–H and O–H groups in total. The van der Waals surface area contributed by atoms with Gasteiger partial charge in [0, 0.05) is 42.7 Å². The monoisotopic (exact) mass is 412 g/mol. The molecule has 4 heterocycles. The van der Waals surface area contributed by atoms with Crippen LogP contribution in [-0.2, 0) is 11.3 Å². The number of hydrogen-bond donors (Lipinski definition) is 1. The first-order valence-electron chi connectivity index (χ1n) is 10.5. The number of ether oxygens (including phenoxy) is 1. The minimum Gasteiger partial charge on any atom is -0.379 e. The first-order valence-corrected chi connectivity index (χ1v) is 10.5. The van der Waals surface area contributed by atoms with Crippen molar-refractivity contribution in [2.45, 2.75) is 13.5 Å². The van der Waals surface area contributed by atoms with Crippen molar-refractivity contribution in [3.05, 3.63) is 72.1 Å². The molecule has 0 spiro atoms. The van der Waals surface area contributed by atoms with E-state index in [1.807, 2.05) is 37.4 Å². The van der Waals surface area contributed by atoms with E-state index in [0.717, 1.165) is 72.4 Å². The number of nitrogens with one attached hydrogen (secondary N) is 1. The van der Waals surface area contributed by atoms with Crippen LogP contribution in [0.2, 0.25) is 0 Å². The molecule has 0 radical (unpaired) electrons. The summed E-state index contributed by atoms with van der Waals surface area (Å²) < 4.78 is 5.43. The number of H-pyrrole nitrogens is 1. The van der Waals surface area contributed by atoms with Crippen LogP contribution in [0.25, 0.3) is 33.9 Å². The maximum atomic E-state index is 5.43. The second kappa shape index (κ2) is 8.75. The summed E-state index contributed by atoms with van der Waals surface area (Å²) in [6, 6.07) is 18.5. The Kier molecular flexibility index (Phi) is 5.52. The summed E-state index contributed by atoms with van der Waals surface area (Å²) in [5, 5.41) is 11.3. The van der Waals surface area contributed by atoms with Crippen LogP contribution in [0.1, 0.15) is 11.3 Å². The van der Waals surface area contributed by atoms with Crippen LogP contribution in [0, 0.1) is 6.92 Å². The van der Waals surface area contributed by atoms with Crippen molar-refractivity contribution in [2.24, 2.45) is 0 Å². The first kappa shape index (κ1) is 19.5. The van der Waals surface area contributed by atoms with E-state index < -0.39 is 0 Å². The van der Waals surface area contributed by atoms with Gasteiger partial charge >= 0.3 is 0 Å². The number of morpholine rings is 1. The zero-order valence-corrected chi connectivity index (χ0v) is 17.5. The van der Waals surface area contributed by atoms with Gasteiger partial charge in [-0.1, -0.05) is 35.5 Å². The van der Waals surface area contributed by atoms with Crippen LogP contribution in [0.15, 0.2) is 60.8 Å².